The van der Waals surface area contributed by atoms with Crippen molar-refractivity contribution >= 4 is 34.9 Å². The van der Waals surface area contributed by atoms with E-state index in [2.05, 4.69) is 4.90 Å². The SMILES string of the molecule is CCOC(=O)C1N2c3ccccc3N(C(=O)c3ccccc3)C(c3ccccc3Cl)CC12c1ccccc1. The number of hydrogen-bond donors (Lipinski definition) is 0. The summed E-state index contributed by atoms with van der Waals surface area (Å²) in [6, 6.07) is 33.8. The Labute approximate surface area is 227 Å². The van der Waals surface area contributed by atoms with Crippen molar-refractivity contribution in [2.45, 2.75) is 31.0 Å². The number of hydrogen-bond acceptors (Lipinski definition) is 4. The molecule has 1 amide bonds. The van der Waals surface area contributed by atoms with Crippen molar-refractivity contribution in [3.05, 3.63) is 131 Å². The van der Waals surface area contributed by atoms with Gasteiger partial charge in [-0.1, -0.05) is 90.5 Å². The molecule has 6 rings (SSSR count). The summed E-state index contributed by atoms with van der Waals surface area (Å²) in [6.45, 7) is 2.11. The zero-order chi connectivity index (χ0) is 26.3. The predicted octanol–water partition coefficient (Wildman–Crippen LogP) is 6.78. The highest BCUT2D eigenvalue weighted by Crippen LogP contribution is 2.63. The Hall–Kier alpha value is -4.09. The third-order valence-corrected chi connectivity index (χ3v) is 7.92. The molecule has 4 aromatic rings. The molecule has 4 aromatic carbocycles. The van der Waals surface area contributed by atoms with E-state index in [0.717, 1.165) is 22.5 Å². The third-order valence-electron chi connectivity index (χ3n) is 7.58. The molecule has 5 nitrogen and oxygen atoms in total. The van der Waals surface area contributed by atoms with E-state index in [1.165, 1.54) is 0 Å². The Balaban J connectivity index is 1.62. The quantitative estimate of drug-likeness (QED) is 0.214. The number of rotatable bonds is 5. The van der Waals surface area contributed by atoms with Crippen LogP contribution in [0.3, 0.4) is 0 Å². The number of carbonyl (C=O) groups excluding carboxylic acids is 2. The van der Waals surface area contributed by atoms with Crippen molar-refractivity contribution in [3.63, 3.8) is 0 Å². The molecule has 3 atom stereocenters. The van der Waals surface area contributed by atoms with Gasteiger partial charge in [0.25, 0.3) is 5.91 Å². The summed E-state index contributed by atoms with van der Waals surface area (Å²) in [5, 5.41) is 0.575. The lowest BCUT2D eigenvalue weighted by molar-refractivity contribution is -0.142. The molecule has 0 bridgehead atoms. The highest BCUT2D eigenvalue weighted by Gasteiger charge is 2.70. The molecule has 2 aliphatic heterocycles. The molecule has 1 saturated heterocycles. The van der Waals surface area contributed by atoms with Gasteiger partial charge >= 0.3 is 5.97 Å². The van der Waals surface area contributed by atoms with E-state index in [-0.39, 0.29) is 11.9 Å². The maximum atomic E-state index is 14.3. The first kappa shape index (κ1) is 24.3. The maximum absolute atomic E-state index is 14.3. The van der Waals surface area contributed by atoms with Crippen LogP contribution in [0.4, 0.5) is 11.4 Å². The predicted molar refractivity (Wildman–Crippen MR) is 150 cm³/mol. The molecule has 0 saturated carbocycles. The average molecular weight is 523 g/mol. The molecule has 6 heteroatoms. The van der Waals surface area contributed by atoms with Crippen LogP contribution < -0.4 is 9.80 Å². The Kier molecular flexibility index (Phi) is 6.16. The Morgan fingerprint density at radius 3 is 2.13 bits per heavy atom. The van der Waals surface area contributed by atoms with Crippen LogP contribution in [0.2, 0.25) is 5.02 Å². The lowest BCUT2D eigenvalue weighted by Crippen LogP contribution is -2.37. The average Bonchev–Trinajstić information content (AvgIpc) is 3.65. The highest BCUT2D eigenvalue weighted by molar-refractivity contribution is 6.31. The number of anilines is 2. The second-order valence-electron chi connectivity index (χ2n) is 9.59. The normalized spacial score (nSPS) is 21.6. The number of ether oxygens (including phenoxy) is 1. The second kappa shape index (κ2) is 9.66. The van der Waals surface area contributed by atoms with E-state index in [1.807, 2.05) is 121 Å². The molecule has 1 fully saturated rings. The Morgan fingerprint density at radius 1 is 0.842 bits per heavy atom. The Morgan fingerprint density at radius 2 is 1.45 bits per heavy atom. The van der Waals surface area contributed by atoms with E-state index >= 15 is 0 Å². The minimum Gasteiger partial charge on any atom is -0.464 e. The summed E-state index contributed by atoms with van der Waals surface area (Å²) in [5.74, 6) is -0.395. The molecule has 2 heterocycles. The molecule has 0 radical (unpaired) electrons. The van der Waals surface area contributed by atoms with Crippen molar-refractivity contribution < 1.29 is 14.3 Å². The van der Waals surface area contributed by atoms with Crippen molar-refractivity contribution in [1.29, 1.82) is 0 Å². The number of amides is 1. The van der Waals surface area contributed by atoms with Gasteiger partial charge in [-0.15, -0.1) is 0 Å². The fourth-order valence-electron chi connectivity index (χ4n) is 5.95. The summed E-state index contributed by atoms with van der Waals surface area (Å²) in [7, 11) is 0. The smallest absolute Gasteiger partial charge is 0.331 e. The van der Waals surface area contributed by atoms with E-state index in [1.54, 1.807) is 0 Å². The largest absolute Gasteiger partial charge is 0.464 e. The van der Waals surface area contributed by atoms with Gasteiger partial charge in [-0.3, -0.25) is 9.69 Å². The van der Waals surface area contributed by atoms with Crippen molar-refractivity contribution in [2.75, 3.05) is 16.4 Å². The van der Waals surface area contributed by atoms with Crippen LogP contribution in [0, 0.1) is 0 Å². The Bertz CT molecular complexity index is 1490. The van der Waals surface area contributed by atoms with Gasteiger partial charge in [0, 0.05) is 17.0 Å². The van der Waals surface area contributed by atoms with Crippen LogP contribution in [-0.2, 0) is 15.1 Å². The molecule has 38 heavy (non-hydrogen) atoms. The van der Waals surface area contributed by atoms with Crippen LogP contribution in [0.25, 0.3) is 0 Å². The van der Waals surface area contributed by atoms with Crippen LogP contribution in [0.5, 0.6) is 0 Å². The molecule has 2 aliphatic rings. The summed E-state index contributed by atoms with van der Waals surface area (Å²) in [4.78, 5) is 31.7. The second-order valence-corrected chi connectivity index (χ2v) is 9.99. The molecule has 0 aromatic heterocycles. The zero-order valence-electron chi connectivity index (χ0n) is 21.0. The van der Waals surface area contributed by atoms with E-state index in [9.17, 15) is 9.59 Å². The van der Waals surface area contributed by atoms with Crippen molar-refractivity contribution in [1.82, 2.24) is 0 Å². The lowest BCUT2D eigenvalue weighted by Gasteiger charge is -2.34. The minimum absolute atomic E-state index is 0.124. The van der Waals surface area contributed by atoms with E-state index in [0.29, 0.717) is 23.6 Å². The molecule has 190 valence electrons. The summed E-state index contributed by atoms with van der Waals surface area (Å²) in [5.41, 5.74) is 3.25. The van der Waals surface area contributed by atoms with Crippen LogP contribution >= 0.6 is 11.6 Å². The minimum atomic E-state index is -0.709. The first-order valence-electron chi connectivity index (χ1n) is 12.8. The fourth-order valence-corrected chi connectivity index (χ4v) is 6.21. The zero-order valence-corrected chi connectivity index (χ0v) is 21.7. The molecular weight excluding hydrogens is 496 g/mol. The molecule has 3 unspecified atom stereocenters. The van der Waals surface area contributed by atoms with Crippen LogP contribution in [0.15, 0.2) is 109 Å². The number of para-hydroxylation sites is 2. The first-order valence-corrected chi connectivity index (χ1v) is 13.2. The summed E-state index contributed by atoms with van der Waals surface area (Å²) >= 11 is 6.81. The van der Waals surface area contributed by atoms with Gasteiger partial charge in [0.15, 0.2) is 6.04 Å². The topological polar surface area (TPSA) is 49.6 Å². The van der Waals surface area contributed by atoms with Gasteiger partial charge in [0.2, 0.25) is 0 Å². The van der Waals surface area contributed by atoms with Gasteiger partial charge in [0.1, 0.15) is 0 Å². The maximum Gasteiger partial charge on any atom is 0.331 e. The third kappa shape index (κ3) is 3.77. The van der Waals surface area contributed by atoms with Gasteiger partial charge in [-0.2, -0.15) is 0 Å². The molecule has 0 aliphatic carbocycles. The van der Waals surface area contributed by atoms with Gasteiger partial charge in [-0.25, -0.2) is 4.79 Å². The molecule has 0 spiro atoms. The van der Waals surface area contributed by atoms with Crippen LogP contribution in [0.1, 0.15) is 40.9 Å². The lowest BCUT2D eigenvalue weighted by atomic mass is 9.85. The van der Waals surface area contributed by atoms with E-state index < -0.39 is 17.6 Å². The number of carbonyl (C=O) groups is 2. The number of fused-ring (bicyclic) bond motifs is 3. The highest BCUT2D eigenvalue weighted by atomic mass is 35.5. The van der Waals surface area contributed by atoms with Gasteiger partial charge in [-0.05, 0) is 48.4 Å². The first-order chi connectivity index (χ1) is 18.6. The van der Waals surface area contributed by atoms with Crippen molar-refractivity contribution in [2.24, 2.45) is 0 Å². The summed E-state index contributed by atoms with van der Waals surface area (Å²) < 4.78 is 5.58. The van der Waals surface area contributed by atoms with Gasteiger partial charge in [0.05, 0.1) is 29.6 Å². The monoisotopic (exact) mass is 522 g/mol. The molecular formula is C32H27ClN2O3. The van der Waals surface area contributed by atoms with E-state index in [4.69, 9.17) is 16.3 Å². The van der Waals surface area contributed by atoms with Crippen LogP contribution in [-0.4, -0.2) is 24.5 Å². The number of esters is 1. The number of nitrogens with zero attached hydrogens (tertiary/aromatic N) is 2. The van der Waals surface area contributed by atoms with Gasteiger partial charge < -0.3 is 9.64 Å². The van der Waals surface area contributed by atoms with Crippen molar-refractivity contribution in [3.8, 4) is 0 Å². The summed E-state index contributed by atoms with van der Waals surface area (Å²) in [6.07, 6.45) is 0.456. The number of halogens is 1. The fraction of sp³-hybridized carbons (Fsp3) is 0.188. The molecule has 0 N–H and O–H groups in total. The number of benzene rings is 4. The standard InChI is InChI=1S/C32H27ClN2O3/c1-2-38-31(37)29-32(23-15-7-4-8-16-23)21-28(24-17-9-10-18-25(24)33)34(30(36)22-13-5-3-6-14-22)26-19-11-12-20-27(26)35(29)32/h3-20,28-29H,2,21H2,1H3.